The molecule has 2 aromatic heterocycles. The lowest BCUT2D eigenvalue weighted by atomic mass is 10.1. The molecule has 0 saturated carbocycles. The van der Waals surface area contributed by atoms with Crippen LogP contribution in [0.2, 0.25) is 5.02 Å². The molecule has 1 aromatic carbocycles. The third-order valence-corrected chi connectivity index (χ3v) is 5.18. The Labute approximate surface area is 156 Å². The molecular formula is C20H20ClNO2S. The molecule has 3 aromatic rings. The standard InChI is InChI=1S/C20H20ClNO2S/c21-17-5-1-4-16(14-17)8-9-20(23)22(15-18-6-2-12-24-18)11-10-19-7-3-13-25-19/h1-7,12-14H,8-11,15H2. The fraction of sp³-hybridized carbons (Fsp3) is 0.250. The second kappa shape index (κ2) is 8.88. The Morgan fingerprint density at radius 3 is 2.76 bits per heavy atom. The molecule has 0 aliphatic rings. The predicted molar refractivity (Wildman–Crippen MR) is 102 cm³/mol. The van der Waals surface area contributed by atoms with Crippen molar-refractivity contribution in [2.75, 3.05) is 6.54 Å². The molecule has 0 fully saturated rings. The summed E-state index contributed by atoms with van der Waals surface area (Å²) in [6.45, 7) is 1.20. The van der Waals surface area contributed by atoms with Crippen LogP contribution in [0.25, 0.3) is 0 Å². The Kier molecular flexibility index (Phi) is 6.31. The van der Waals surface area contributed by atoms with E-state index in [0.29, 0.717) is 31.0 Å². The third kappa shape index (κ3) is 5.48. The summed E-state index contributed by atoms with van der Waals surface area (Å²) in [7, 11) is 0. The highest BCUT2D eigenvalue weighted by atomic mass is 35.5. The van der Waals surface area contributed by atoms with Crippen LogP contribution in [0.1, 0.15) is 22.6 Å². The van der Waals surface area contributed by atoms with Crippen LogP contribution in [0.5, 0.6) is 0 Å². The molecule has 0 saturated heterocycles. The molecule has 130 valence electrons. The van der Waals surface area contributed by atoms with Gasteiger partial charge in [0.1, 0.15) is 5.76 Å². The Balaban J connectivity index is 1.61. The zero-order valence-corrected chi connectivity index (χ0v) is 15.4. The van der Waals surface area contributed by atoms with Crippen molar-refractivity contribution in [1.29, 1.82) is 0 Å². The normalized spacial score (nSPS) is 10.8. The van der Waals surface area contributed by atoms with Crippen molar-refractivity contribution in [3.8, 4) is 0 Å². The second-order valence-corrected chi connectivity index (χ2v) is 7.32. The molecule has 5 heteroatoms. The largest absolute Gasteiger partial charge is 0.467 e. The van der Waals surface area contributed by atoms with E-state index in [1.807, 2.05) is 47.4 Å². The number of benzene rings is 1. The van der Waals surface area contributed by atoms with Crippen LogP contribution in [-0.2, 0) is 24.2 Å². The Hall–Kier alpha value is -2.04. The zero-order chi connectivity index (χ0) is 17.5. The summed E-state index contributed by atoms with van der Waals surface area (Å²) in [4.78, 5) is 15.9. The molecule has 0 atom stereocenters. The summed E-state index contributed by atoms with van der Waals surface area (Å²) in [5, 5.41) is 2.77. The molecule has 0 bridgehead atoms. The van der Waals surface area contributed by atoms with Crippen LogP contribution >= 0.6 is 22.9 Å². The van der Waals surface area contributed by atoms with Gasteiger partial charge < -0.3 is 9.32 Å². The minimum atomic E-state index is 0.132. The summed E-state index contributed by atoms with van der Waals surface area (Å²) in [6, 6.07) is 15.6. The number of furan rings is 1. The van der Waals surface area contributed by atoms with E-state index in [0.717, 1.165) is 17.7 Å². The molecule has 2 heterocycles. The summed E-state index contributed by atoms with van der Waals surface area (Å²) in [5.74, 6) is 0.940. The molecule has 0 unspecified atom stereocenters. The smallest absolute Gasteiger partial charge is 0.223 e. The molecule has 1 amide bonds. The van der Waals surface area contributed by atoms with Gasteiger partial charge in [-0.3, -0.25) is 4.79 Å². The number of amides is 1. The first-order chi connectivity index (χ1) is 12.2. The predicted octanol–water partition coefficient (Wildman–Crippen LogP) is 5.20. The van der Waals surface area contributed by atoms with Gasteiger partial charge in [0.25, 0.3) is 0 Å². The number of halogens is 1. The maximum atomic E-state index is 12.7. The van der Waals surface area contributed by atoms with Gasteiger partial charge in [0, 0.05) is 22.9 Å². The molecule has 0 N–H and O–H groups in total. The van der Waals surface area contributed by atoms with Crippen LogP contribution in [0.3, 0.4) is 0 Å². The zero-order valence-electron chi connectivity index (χ0n) is 13.9. The highest BCUT2D eigenvalue weighted by Gasteiger charge is 2.15. The monoisotopic (exact) mass is 373 g/mol. The van der Waals surface area contributed by atoms with Crippen molar-refractivity contribution in [3.05, 3.63) is 81.4 Å². The molecule has 3 nitrogen and oxygen atoms in total. The SMILES string of the molecule is O=C(CCc1cccc(Cl)c1)N(CCc1cccs1)Cc1ccco1. The van der Waals surface area contributed by atoms with E-state index in [1.54, 1.807) is 17.6 Å². The second-order valence-electron chi connectivity index (χ2n) is 5.85. The highest BCUT2D eigenvalue weighted by Crippen LogP contribution is 2.15. The van der Waals surface area contributed by atoms with Crippen molar-refractivity contribution in [2.45, 2.75) is 25.8 Å². The first kappa shape index (κ1) is 17.8. The van der Waals surface area contributed by atoms with E-state index in [4.69, 9.17) is 16.0 Å². The van der Waals surface area contributed by atoms with Gasteiger partial charge in [0.2, 0.25) is 5.91 Å². The van der Waals surface area contributed by atoms with E-state index >= 15 is 0 Å². The fourth-order valence-electron chi connectivity index (χ4n) is 2.68. The number of aryl methyl sites for hydroxylation is 1. The number of thiophene rings is 1. The molecule has 0 aliphatic heterocycles. The van der Waals surface area contributed by atoms with Gasteiger partial charge in [-0.15, -0.1) is 11.3 Å². The van der Waals surface area contributed by atoms with Gasteiger partial charge in [0.15, 0.2) is 0 Å². The molecule has 0 aliphatic carbocycles. The van der Waals surface area contributed by atoms with Crippen molar-refractivity contribution in [1.82, 2.24) is 4.90 Å². The number of carbonyl (C=O) groups excluding carboxylic acids is 1. The van der Waals surface area contributed by atoms with Crippen molar-refractivity contribution < 1.29 is 9.21 Å². The third-order valence-electron chi connectivity index (χ3n) is 4.00. The van der Waals surface area contributed by atoms with E-state index < -0.39 is 0 Å². The lowest BCUT2D eigenvalue weighted by molar-refractivity contribution is -0.132. The quantitative estimate of drug-likeness (QED) is 0.543. The topological polar surface area (TPSA) is 33.5 Å². The maximum absolute atomic E-state index is 12.7. The number of nitrogens with zero attached hydrogens (tertiary/aromatic N) is 1. The first-order valence-corrected chi connectivity index (χ1v) is 9.53. The van der Waals surface area contributed by atoms with Gasteiger partial charge in [-0.1, -0.05) is 29.8 Å². The molecule has 0 radical (unpaired) electrons. The van der Waals surface area contributed by atoms with E-state index in [-0.39, 0.29) is 5.91 Å². The molecular weight excluding hydrogens is 354 g/mol. The molecule has 0 spiro atoms. The minimum absolute atomic E-state index is 0.132. The van der Waals surface area contributed by atoms with Crippen molar-refractivity contribution in [2.24, 2.45) is 0 Å². The Morgan fingerprint density at radius 2 is 2.04 bits per heavy atom. The van der Waals surface area contributed by atoms with Crippen LogP contribution in [-0.4, -0.2) is 17.4 Å². The van der Waals surface area contributed by atoms with Crippen LogP contribution < -0.4 is 0 Å². The summed E-state index contributed by atoms with van der Waals surface area (Å²) >= 11 is 7.74. The molecule has 25 heavy (non-hydrogen) atoms. The van der Waals surface area contributed by atoms with E-state index in [1.165, 1.54) is 4.88 Å². The average molecular weight is 374 g/mol. The van der Waals surface area contributed by atoms with Gasteiger partial charge in [-0.25, -0.2) is 0 Å². The van der Waals surface area contributed by atoms with E-state index in [9.17, 15) is 4.79 Å². The van der Waals surface area contributed by atoms with Crippen molar-refractivity contribution >= 4 is 28.8 Å². The lowest BCUT2D eigenvalue weighted by Gasteiger charge is -2.21. The van der Waals surface area contributed by atoms with Gasteiger partial charge in [0.05, 0.1) is 12.8 Å². The number of carbonyl (C=O) groups is 1. The summed E-state index contributed by atoms with van der Waals surface area (Å²) < 4.78 is 5.42. The maximum Gasteiger partial charge on any atom is 0.223 e. The number of hydrogen-bond acceptors (Lipinski definition) is 3. The van der Waals surface area contributed by atoms with E-state index in [2.05, 4.69) is 11.4 Å². The number of rotatable bonds is 8. The van der Waals surface area contributed by atoms with Gasteiger partial charge >= 0.3 is 0 Å². The summed E-state index contributed by atoms with van der Waals surface area (Å²) in [6.07, 6.45) is 3.66. The average Bonchev–Trinajstić information content (AvgIpc) is 3.30. The molecule has 3 rings (SSSR count). The minimum Gasteiger partial charge on any atom is -0.467 e. The van der Waals surface area contributed by atoms with Gasteiger partial charge in [-0.2, -0.15) is 0 Å². The Bertz CT molecular complexity index is 784. The van der Waals surface area contributed by atoms with Crippen LogP contribution in [0.4, 0.5) is 0 Å². The van der Waals surface area contributed by atoms with Crippen molar-refractivity contribution in [3.63, 3.8) is 0 Å². The fourth-order valence-corrected chi connectivity index (χ4v) is 3.60. The lowest BCUT2D eigenvalue weighted by Crippen LogP contribution is -2.32. The summed E-state index contributed by atoms with van der Waals surface area (Å²) in [5.41, 5.74) is 1.08. The first-order valence-electron chi connectivity index (χ1n) is 8.28. The van der Waals surface area contributed by atoms with Gasteiger partial charge in [-0.05, 0) is 54.1 Å². The van der Waals surface area contributed by atoms with Crippen LogP contribution in [0, 0.1) is 0 Å². The highest BCUT2D eigenvalue weighted by molar-refractivity contribution is 7.09. The Morgan fingerprint density at radius 1 is 1.12 bits per heavy atom. The number of hydrogen-bond donors (Lipinski definition) is 0. The van der Waals surface area contributed by atoms with Crippen LogP contribution in [0.15, 0.2) is 64.6 Å².